The number of carbonyl (C=O) groups excluding carboxylic acids is 2. The summed E-state index contributed by atoms with van der Waals surface area (Å²) >= 11 is 5.87. The Balaban J connectivity index is 1.73. The highest BCUT2D eigenvalue weighted by atomic mass is 35.5. The monoisotopic (exact) mass is 382 g/mol. The molecule has 0 bridgehead atoms. The van der Waals surface area contributed by atoms with Gasteiger partial charge in [-0.2, -0.15) is 0 Å². The Kier molecular flexibility index (Phi) is 8.88. The molecule has 1 saturated heterocycles. The normalized spacial score (nSPS) is 17.2. The average Bonchev–Trinajstić information content (AvgIpc) is 2.67. The molecule has 1 N–H and O–H groups in total. The van der Waals surface area contributed by atoms with Gasteiger partial charge in [0, 0.05) is 43.9 Å². The minimum absolute atomic E-state index is 0.00972. The molecule has 7 heteroatoms. The smallest absolute Gasteiger partial charge is 0.253 e. The second-order valence-corrected chi connectivity index (χ2v) is 6.78. The van der Waals surface area contributed by atoms with Gasteiger partial charge in [-0.1, -0.05) is 11.6 Å². The van der Waals surface area contributed by atoms with E-state index in [2.05, 4.69) is 5.32 Å². The van der Waals surface area contributed by atoms with E-state index in [1.54, 1.807) is 36.3 Å². The van der Waals surface area contributed by atoms with Crippen molar-refractivity contribution in [3.63, 3.8) is 0 Å². The summed E-state index contributed by atoms with van der Waals surface area (Å²) in [5.74, 6) is -0.199. The summed E-state index contributed by atoms with van der Waals surface area (Å²) in [4.78, 5) is 26.7. The van der Waals surface area contributed by atoms with Crippen LogP contribution in [-0.2, 0) is 14.3 Å². The maximum Gasteiger partial charge on any atom is 0.253 e. The topological polar surface area (TPSA) is 67.9 Å². The van der Waals surface area contributed by atoms with Gasteiger partial charge in [-0.15, -0.1) is 0 Å². The van der Waals surface area contributed by atoms with Gasteiger partial charge in [-0.05, 0) is 43.5 Å². The Bertz CT molecular complexity index is 579. The van der Waals surface area contributed by atoms with Gasteiger partial charge < -0.3 is 19.7 Å². The van der Waals surface area contributed by atoms with Crippen molar-refractivity contribution in [1.82, 2.24) is 10.2 Å². The molecule has 26 heavy (non-hydrogen) atoms. The number of nitrogens with zero attached hydrogens (tertiary/aromatic N) is 1. The predicted molar refractivity (Wildman–Crippen MR) is 100 cm³/mol. The van der Waals surface area contributed by atoms with Crippen LogP contribution in [0.2, 0.25) is 5.02 Å². The number of methoxy groups -OCH3 is 1. The van der Waals surface area contributed by atoms with E-state index in [4.69, 9.17) is 21.1 Å². The number of ether oxygens (including phenoxy) is 2. The molecule has 1 aliphatic heterocycles. The van der Waals surface area contributed by atoms with E-state index in [1.807, 2.05) is 0 Å². The van der Waals surface area contributed by atoms with Crippen LogP contribution in [0.4, 0.5) is 0 Å². The molecule has 1 atom stereocenters. The molecule has 6 nitrogen and oxygen atoms in total. The highest BCUT2D eigenvalue weighted by molar-refractivity contribution is 6.30. The number of rotatable bonds is 9. The Morgan fingerprint density at radius 1 is 1.23 bits per heavy atom. The first-order valence-electron chi connectivity index (χ1n) is 9.01. The van der Waals surface area contributed by atoms with E-state index in [9.17, 15) is 9.59 Å². The second-order valence-electron chi connectivity index (χ2n) is 6.35. The van der Waals surface area contributed by atoms with Crippen molar-refractivity contribution in [2.75, 3.05) is 46.6 Å². The minimum atomic E-state index is -0.158. The first-order chi connectivity index (χ1) is 12.6. The maximum atomic E-state index is 12.6. The number of piperidine rings is 1. The molecule has 0 aliphatic carbocycles. The lowest BCUT2D eigenvalue weighted by molar-refractivity contribution is -0.126. The van der Waals surface area contributed by atoms with Crippen LogP contribution in [-0.4, -0.2) is 63.3 Å². The Morgan fingerprint density at radius 2 is 2.00 bits per heavy atom. The van der Waals surface area contributed by atoms with Crippen LogP contribution in [0.3, 0.4) is 0 Å². The fourth-order valence-electron chi connectivity index (χ4n) is 2.93. The Morgan fingerprint density at radius 3 is 2.73 bits per heavy atom. The Hall–Kier alpha value is -1.63. The van der Waals surface area contributed by atoms with Crippen molar-refractivity contribution in [2.45, 2.75) is 19.3 Å². The van der Waals surface area contributed by atoms with Crippen molar-refractivity contribution in [3.8, 4) is 0 Å². The average molecular weight is 383 g/mol. The molecule has 1 aromatic carbocycles. The second kappa shape index (κ2) is 11.2. The molecule has 1 fully saturated rings. The fourth-order valence-corrected chi connectivity index (χ4v) is 3.05. The molecule has 144 valence electrons. The summed E-state index contributed by atoms with van der Waals surface area (Å²) in [6.45, 7) is 3.44. The lowest BCUT2D eigenvalue weighted by Gasteiger charge is -2.32. The first kappa shape index (κ1) is 20.7. The molecular weight excluding hydrogens is 356 g/mol. The van der Waals surface area contributed by atoms with Gasteiger partial charge in [0.1, 0.15) is 0 Å². The number of benzene rings is 1. The SMILES string of the molecule is COCCOCCCNC(=O)C1CCCN(C(=O)c2ccc(Cl)cc2)C1. The van der Waals surface area contributed by atoms with Gasteiger partial charge in [0.15, 0.2) is 0 Å². The zero-order valence-corrected chi connectivity index (χ0v) is 16.0. The zero-order chi connectivity index (χ0) is 18.8. The molecule has 1 aromatic rings. The van der Waals surface area contributed by atoms with E-state index in [1.165, 1.54) is 0 Å². The van der Waals surface area contributed by atoms with Crippen LogP contribution >= 0.6 is 11.6 Å². The lowest BCUT2D eigenvalue weighted by Crippen LogP contribution is -2.45. The molecule has 0 spiro atoms. The predicted octanol–water partition coefficient (Wildman–Crippen LogP) is 2.36. The first-order valence-corrected chi connectivity index (χ1v) is 9.39. The number of hydrogen-bond donors (Lipinski definition) is 1. The number of nitrogens with one attached hydrogen (secondary N) is 1. The molecule has 2 amide bonds. The molecule has 1 heterocycles. The zero-order valence-electron chi connectivity index (χ0n) is 15.2. The number of likely N-dealkylation sites (tertiary alicyclic amines) is 1. The molecule has 0 saturated carbocycles. The third-order valence-electron chi connectivity index (χ3n) is 4.37. The highest BCUT2D eigenvalue weighted by Gasteiger charge is 2.28. The Labute approximate surface area is 159 Å². The van der Waals surface area contributed by atoms with Gasteiger partial charge in [-0.3, -0.25) is 9.59 Å². The fraction of sp³-hybridized carbons (Fsp3) is 0.579. The van der Waals surface area contributed by atoms with Gasteiger partial charge in [-0.25, -0.2) is 0 Å². The summed E-state index contributed by atoms with van der Waals surface area (Å²) in [6.07, 6.45) is 2.40. The number of amides is 2. The van der Waals surface area contributed by atoms with Crippen molar-refractivity contribution >= 4 is 23.4 Å². The van der Waals surface area contributed by atoms with Crippen LogP contribution in [0.25, 0.3) is 0 Å². The molecule has 2 rings (SSSR count). The summed E-state index contributed by atoms with van der Waals surface area (Å²) in [6, 6.07) is 6.85. The summed E-state index contributed by atoms with van der Waals surface area (Å²) < 4.78 is 10.3. The summed E-state index contributed by atoms with van der Waals surface area (Å²) in [5.41, 5.74) is 0.601. The summed E-state index contributed by atoms with van der Waals surface area (Å²) in [5, 5.41) is 3.54. The van der Waals surface area contributed by atoms with Crippen LogP contribution in [0.15, 0.2) is 24.3 Å². The molecule has 1 unspecified atom stereocenters. The van der Waals surface area contributed by atoms with Crippen LogP contribution in [0.5, 0.6) is 0 Å². The number of hydrogen-bond acceptors (Lipinski definition) is 4. The van der Waals surface area contributed by atoms with E-state index < -0.39 is 0 Å². The maximum absolute atomic E-state index is 12.6. The molecule has 1 aliphatic rings. The lowest BCUT2D eigenvalue weighted by atomic mass is 9.96. The number of halogens is 1. The number of carbonyl (C=O) groups is 2. The van der Waals surface area contributed by atoms with E-state index in [0.29, 0.717) is 50.0 Å². The quantitative estimate of drug-likeness (QED) is 0.666. The van der Waals surface area contributed by atoms with E-state index in [0.717, 1.165) is 19.3 Å². The van der Waals surface area contributed by atoms with Crippen molar-refractivity contribution in [3.05, 3.63) is 34.9 Å². The third kappa shape index (κ3) is 6.59. The summed E-state index contributed by atoms with van der Waals surface area (Å²) in [7, 11) is 1.63. The minimum Gasteiger partial charge on any atom is -0.382 e. The van der Waals surface area contributed by atoms with E-state index in [-0.39, 0.29) is 17.7 Å². The van der Waals surface area contributed by atoms with Crippen molar-refractivity contribution in [1.29, 1.82) is 0 Å². The van der Waals surface area contributed by atoms with Crippen LogP contribution < -0.4 is 5.32 Å². The molecule has 0 radical (unpaired) electrons. The molecule has 0 aromatic heterocycles. The highest BCUT2D eigenvalue weighted by Crippen LogP contribution is 2.19. The van der Waals surface area contributed by atoms with Crippen molar-refractivity contribution < 1.29 is 19.1 Å². The largest absolute Gasteiger partial charge is 0.382 e. The standard InChI is InChI=1S/C19H27ClN2O4/c1-25-12-13-26-11-3-9-21-18(23)16-4-2-10-22(14-16)19(24)15-5-7-17(20)8-6-15/h5-8,16H,2-4,9-14H2,1H3,(H,21,23). The van der Waals surface area contributed by atoms with E-state index >= 15 is 0 Å². The van der Waals surface area contributed by atoms with Crippen LogP contribution in [0, 0.1) is 5.92 Å². The van der Waals surface area contributed by atoms with Crippen molar-refractivity contribution in [2.24, 2.45) is 5.92 Å². The van der Waals surface area contributed by atoms with Gasteiger partial charge in [0.25, 0.3) is 5.91 Å². The van der Waals surface area contributed by atoms with Crippen LogP contribution in [0.1, 0.15) is 29.6 Å². The third-order valence-corrected chi connectivity index (χ3v) is 4.62. The van der Waals surface area contributed by atoms with Gasteiger partial charge in [0.05, 0.1) is 19.1 Å². The van der Waals surface area contributed by atoms with Gasteiger partial charge >= 0.3 is 0 Å². The molecular formula is C19H27ClN2O4. The van der Waals surface area contributed by atoms with Gasteiger partial charge in [0.2, 0.25) is 5.91 Å².